The number of hydrogen-bond acceptors (Lipinski definition) is 1. The number of rotatable bonds is 2. The van der Waals surface area contributed by atoms with Crippen LogP contribution in [-0.2, 0) is 4.87 Å². The number of pyridine rings is 1. The minimum Gasteiger partial charge on any atom is -0.259 e. The van der Waals surface area contributed by atoms with E-state index in [0.717, 1.165) is 12.1 Å². The Morgan fingerprint density at radius 2 is 1.81 bits per heavy atom. The van der Waals surface area contributed by atoms with E-state index < -0.39 is 0 Å². The summed E-state index contributed by atoms with van der Waals surface area (Å²) >= 11 is 6.61. The van der Waals surface area contributed by atoms with E-state index in [1.54, 1.807) is 6.20 Å². The first-order valence-electron chi connectivity index (χ1n) is 5.46. The Kier molecular flexibility index (Phi) is 2.22. The summed E-state index contributed by atoms with van der Waals surface area (Å²) in [5, 5.41) is 0. The molecular weight excluding hydrogens is 218 g/mol. The molecule has 2 unspecified atom stereocenters. The number of hydrogen-bond donors (Lipinski definition) is 0. The highest BCUT2D eigenvalue weighted by Crippen LogP contribution is 2.62. The first-order chi connectivity index (χ1) is 7.81. The molecule has 0 amide bonds. The minimum atomic E-state index is -0.275. The second-order valence-corrected chi connectivity index (χ2v) is 4.92. The van der Waals surface area contributed by atoms with Crippen molar-refractivity contribution in [2.24, 2.45) is 0 Å². The number of alkyl halides is 1. The second-order valence-electron chi connectivity index (χ2n) is 4.24. The molecule has 1 aliphatic carbocycles. The molecule has 1 aromatic heterocycles. The van der Waals surface area contributed by atoms with E-state index in [1.807, 2.05) is 24.3 Å². The van der Waals surface area contributed by atoms with Gasteiger partial charge >= 0.3 is 0 Å². The van der Waals surface area contributed by atoms with Crippen LogP contribution in [0.2, 0.25) is 0 Å². The number of benzene rings is 1. The van der Waals surface area contributed by atoms with Crippen molar-refractivity contribution in [3.8, 4) is 0 Å². The Morgan fingerprint density at radius 1 is 1.06 bits per heavy atom. The van der Waals surface area contributed by atoms with Gasteiger partial charge in [-0.2, -0.15) is 0 Å². The fourth-order valence-corrected chi connectivity index (χ4v) is 2.59. The fourth-order valence-electron chi connectivity index (χ4n) is 2.20. The Balaban J connectivity index is 1.90. The topological polar surface area (TPSA) is 12.9 Å². The summed E-state index contributed by atoms with van der Waals surface area (Å²) in [5.41, 5.74) is 2.30. The molecule has 2 heteroatoms. The van der Waals surface area contributed by atoms with Crippen molar-refractivity contribution in [1.29, 1.82) is 0 Å². The van der Waals surface area contributed by atoms with Crippen LogP contribution in [-0.4, -0.2) is 4.98 Å². The zero-order chi connectivity index (χ0) is 11.0. The van der Waals surface area contributed by atoms with Gasteiger partial charge < -0.3 is 0 Å². The molecule has 16 heavy (non-hydrogen) atoms. The Hall–Kier alpha value is -1.34. The Morgan fingerprint density at radius 3 is 2.50 bits per heavy atom. The Labute approximate surface area is 100 Å². The summed E-state index contributed by atoms with van der Waals surface area (Å²) in [6, 6.07) is 16.3. The van der Waals surface area contributed by atoms with E-state index in [0.29, 0.717) is 5.92 Å². The van der Waals surface area contributed by atoms with Gasteiger partial charge in [0.25, 0.3) is 0 Å². The van der Waals surface area contributed by atoms with E-state index in [4.69, 9.17) is 11.6 Å². The third kappa shape index (κ3) is 1.52. The van der Waals surface area contributed by atoms with Gasteiger partial charge in [0.1, 0.15) is 0 Å². The molecule has 1 fully saturated rings. The summed E-state index contributed by atoms with van der Waals surface area (Å²) in [6.45, 7) is 0. The van der Waals surface area contributed by atoms with Gasteiger partial charge in [0.15, 0.2) is 0 Å². The van der Waals surface area contributed by atoms with Crippen LogP contribution in [0.25, 0.3) is 0 Å². The first-order valence-corrected chi connectivity index (χ1v) is 5.84. The average molecular weight is 230 g/mol. The normalized spacial score (nSPS) is 27.7. The van der Waals surface area contributed by atoms with Crippen molar-refractivity contribution in [2.75, 3.05) is 0 Å². The second kappa shape index (κ2) is 3.60. The van der Waals surface area contributed by atoms with Crippen LogP contribution in [0.1, 0.15) is 23.6 Å². The average Bonchev–Trinajstić information content (AvgIpc) is 3.06. The van der Waals surface area contributed by atoms with Crippen LogP contribution in [0.15, 0.2) is 54.7 Å². The van der Waals surface area contributed by atoms with Crippen LogP contribution in [0, 0.1) is 0 Å². The van der Waals surface area contributed by atoms with Crippen LogP contribution in [0.5, 0.6) is 0 Å². The van der Waals surface area contributed by atoms with Crippen LogP contribution >= 0.6 is 11.6 Å². The van der Waals surface area contributed by atoms with Gasteiger partial charge in [-0.15, -0.1) is 11.6 Å². The molecule has 0 saturated heterocycles. The van der Waals surface area contributed by atoms with Gasteiger partial charge in [-0.05, 0) is 24.1 Å². The van der Waals surface area contributed by atoms with Crippen molar-refractivity contribution in [1.82, 2.24) is 4.98 Å². The van der Waals surface area contributed by atoms with Gasteiger partial charge in [0.05, 0.1) is 10.6 Å². The maximum atomic E-state index is 6.61. The third-order valence-electron chi connectivity index (χ3n) is 3.19. The number of aromatic nitrogens is 1. The molecule has 0 radical (unpaired) electrons. The molecule has 0 spiro atoms. The summed E-state index contributed by atoms with van der Waals surface area (Å²) in [6.07, 6.45) is 2.79. The predicted octanol–water partition coefficient (Wildman–Crippen LogP) is 3.70. The van der Waals surface area contributed by atoms with E-state index in [-0.39, 0.29) is 4.87 Å². The monoisotopic (exact) mass is 229 g/mol. The van der Waals surface area contributed by atoms with Gasteiger partial charge in [-0.1, -0.05) is 36.4 Å². The molecular formula is C14H12ClN. The van der Waals surface area contributed by atoms with Crippen molar-refractivity contribution < 1.29 is 0 Å². The summed E-state index contributed by atoms with van der Waals surface area (Å²) in [4.78, 5) is 4.08. The van der Waals surface area contributed by atoms with Crippen LogP contribution in [0.4, 0.5) is 0 Å². The molecule has 2 aromatic rings. The van der Waals surface area contributed by atoms with Crippen LogP contribution < -0.4 is 0 Å². The highest BCUT2D eigenvalue weighted by atomic mass is 35.5. The maximum Gasteiger partial charge on any atom is 0.0941 e. The lowest BCUT2D eigenvalue weighted by molar-refractivity contribution is 0.888. The fraction of sp³-hybridized carbons (Fsp3) is 0.214. The highest BCUT2D eigenvalue weighted by Gasteiger charge is 2.55. The standard InChI is InChI=1S/C14H12ClN/c15-14(13-8-4-5-9-16-13)10-12(14)11-6-2-1-3-7-11/h1-9,12H,10H2. The van der Waals surface area contributed by atoms with Crippen molar-refractivity contribution in [3.63, 3.8) is 0 Å². The van der Waals surface area contributed by atoms with Gasteiger partial charge in [0, 0.05) is 12.1 Å². The molecule has 0 aliphatic heterocycles. The van der Waals surface area contributed by atoms with E-state index >= 15 is 0 Å². The molecule has 3 rings (SSSR count). The molecule has 0 bridgehead atoms. The molecule has 0 N–H and O–H groups in total. The zero-order valence-electron chi connectivity index (χ0n) is 8.81. The smallest absolute Gasteiger partial charge is 0.0941 e. The van der Waals surface area contributed by atoms with Gasteiger partial charge in [-0.3, -0.25) is 4.98 Å². The SMILES string of the molecule is ClC1(c2ccccn2)CC1c1ccccc1. The third-order valence-corrected chi connectivity index (χ3v) is 3.80. The van der Waals surface area contributed by atoms with Crippen molar-refractivity contribution in [2.45, 2.75) is 17.2 Å². The molecule has 1 heterocycles. The molecule has 2 atom stereocenters. The molecule has 1 nitrogen and oxygen atoms in total. The largest absolute Gasteiger partial charge is 0.259 e. The summed E-state index contributed by atoms with van der Waals surface area (Å²) in [5.74, 6) is 0.408. The lowest BCUT2D eigenvalue weighted by atomic mass is 10.1. The van der Waals surface area contributed by atoms with Gasteiger partial charge in [-0.25, -0.2) is 0 Å². The zero-order valence-corrected chi connectivity index (χ0v) is 9.56. The van der Waals surface area contributed by atoms with Crippen molar-refractivity contribution in [3.05, 3.63) is 66.0 Å². The molecule has 80 valence electrons. The van der Waals surface area contributed by atoms with Crippen molar-refractivity contribution >= 4 is 11.6 Å². The molecule has 1 saturated carbocycles. The quantitative estimate of drug-likeness (QED) is 0.716. The summed E-state index contributed by atoms with van der Waals surface area (Å²) in [7, 11) is 0. The predicted molar refractivity (Wildman–Crippen MR) is 65.6 cm³/mol. The first kappa shape index (κ1) is 9.86. The van der Waals surface area contributed by atoms with E-state index in [9.17, 15) is 0 Å². The minimum absolute atomic E-state index is 0.275. The van der Waals surface area contributed by atoms with Gasteiger partial charge in [0.2, 0.25) is 0 Å². The molecule has 1 aliphatic rings. The van der Waals surface area contributed by atoms with E-state index in [1.165, 1.54) is 5.56 Å². The lowest BCUT2D eigenvalue weighted by Gasteiger charge is -2.08. The van der Waals surface area contributed by atoms with Crippen LogP contribution in [0.3, 0.4) is 0 Å². The maximum absolute atomic E-state index is 6.61. The lowest BCUT2D eigenvalue weighted by Crippen LogP contribution is -2.02. The highest BCUT2D eigenvalue weighted by molar-refractivity contribution is 6.26. The van der Waals surface area contributed by atoms with E-state index in [2.05, 4.69) is 29.2 Å². The summed E-state index contributed by atoms with van der Waals surface area (Å²) < 4.78 is 0. The molecule has 1 aromatic carbocycles. The number of nitrogens with zero attached hydrogens (tertiary/aromatic N) is 1. The Bertz CT molecular complexity index is 483. The number of halogens is 1.